The first-order valence-electron chi connectivity index (χ1n) is 5.90. The molecular weight excluding hydrogens is 304 g/mol. The molecule has 3 aromatic rings. The number of imidazole rings is 1. The van der Waals surface area contributed by atoms with Gasteiger partial charge in [0.25, 0.3) is 0 Å². The van der Waals surface area contributed by atoms with Gasteiger partial charge < -0.3 is 4.98 Å². The molecule has 1 N–H and O–H groups in total. The SMILES string of the molecule is Cc1ccc(-c2nc(C=O)[nH]c2Br)c2ccccc12. The maximum absolute atomic E-state index is 10.8. The molecule has 0 aliphatic heterocycles. The molecule has 0 unspecified atom stereocenters. The molecule has 3 rings (SSSR count). The predicted molar refractivity (Wildman–Crippen MR) is 79.4 cm³/mol. The van der Waals surface area contributed by atoms with Crippen LogP contribution in [0.25, 0.3) is 22.0 Å². The van der Waals surface area contributed by atoms with E-state index in [1.165, 1.54) is 10.9 Å². The number of carbonyl (C=O) groups is 1. The van der Waals surface area contributed by atoms with Gasteiger partial charge in [-0.2, -0.15) is 0 Å². The van der Waals surface area contributed by atoms with Crippen molar-refractivity contribution in [2.45, 2.75) is 6.92 Å². The van der Waals surface area contributed by atoms with E-state index in [2.05, 4.69) is 51.0 Å². The minimum absolute atomic E-state index is 0.325. The van der Waals surface area contributed by atoms with Crippen LogP contribution < -0.4 is 0 Å². The van der Waals surface area contributed by atoms with Crippen LogP contribution >= 0.6 is 15.9 Å². The molecule has 0 saturated carbocycles. The van der Waals surface area contributed by atoms with E-state index in [1.54, 1.807) is 0 Å². The Kier molecular flexibility index (Phi) is 2.95. The largest absolute Gasteiger partial charge is 0.330 e. The lowest BCUT2D eigenvalue weighted by Gasteiger charge is -2.07. The van der Waals surface area contributed by atoms with Crippen LogP contribution in [0.4, 0.5) is 0 Å². The van der Waals surface area contributed by atoms with Crippen molar-refractivity contribution in [2.24, 2.45) is 0 Å². The van der Waals surface area contributed by atoms with E-state index in [9.17, 15) is 4.79 Å². The number of aromatic nitrogens is 2. The van der Waals surface area contributed by atoms with Gasteiger partial charge in [-0.15, -0.1) is 0 Å². The van der Waals surface area contributed by atoms with Gasteiger partial charge in [0.1, 0.15) is 10.3 Å². The number of aromatic amines is 1. The van der Waals surface area contributed by atoms with Gasteiger partial charge in [0.05, 0.1) is 0 Å². The normalized spacial score (nSPS) is 10.8. The topological polar surface area (TPSA) is 45.8 Å². The Morgan fingerprint density at radius 2 is 1.89 bits per heavy atom. The summed E-state index contributed by atoms with van der Waals surface area (Å²) in [5.41, 5.74) is 3.00. The van der Waals surface area contributed by atoms with Gasteiger partial charge in [0, 0.05) is 5.56 Å². The number of nitrogens with zero attached hydrogens (tertiary/aromatic N) is 1. The van der Waals surface area contributed by atoms with Gasteiger partial charge in [0.15, 0.2) is 12.1 Å². The zero-order chi connectivity index (χ0) is 13.4. The standard InChI is InChI=1S/C15H11BrN2O/c1-9-6-7-12(11-5-3-2-4-10(9)11)14-15(16)18-13(8-19)17-14/h2-8H,1H3,(H,17,18). The third-order valence-corrected chi connectivity index (χ3v) is 3.76. The highest BCUT2D eigenvalue weighted by molar-refractivity contribution is 9.10. The molecule has 0 amide bonds. The van der Waals surface area contributed by atoms with Crippen molar-refractivity contribution in [3.8, 4) is 11.3 Å². The number of fused-ring (bicyclic) bond motifs is 1. The van der Waals surface area contributed by atoms with Crippen LogP contribution in [0.3, 0.4) is 0 Å². The van der Waals surface area contributed by atoms with Gasteiger partial charge in [-0.3, -0.25) is 4.79 Å². The summed E-state index contributed by atoms with van der Waals surface area (Å²) in [5.74, 6) is 0.325. The lowest BCUT2D eigenvalue weighted by Crippen LogP contribution is -1.86. The molecule has 4 heteroatoms. The predicted octanol–water partition coefficient (Wildman–Crippen LogP) is 4.11. The molecule has 0 bridgehead atoms. The lowest BCUT2D eigenvalue weighted by molar-refractivity contribution is 0.111. The summed E-state index contributed by atoms with van der Waals surface area (Å²) in [7, 11) is 0. The number of aryl methyl sites for hydroxylation is 1. The fraction of sp³-hybridized carbons (Fsp3) is 0.0667. The average molecular weight is 315 g/mol. The monoisotopic (exact) mass is 314 g/mol. The Hall–Kier alpha value is -1.94. The molecule has 3 nitrogen and oxygen atoms in total. The minimum atomic E-state index is 0.325. The molecule has 1 heterocycles. The third kappa shape index (κ3) is 1.98. The number of H-pyrrole nitrogens is 1. The number of hydrogen-bond donors (Lipinski definition) is 1. The quantitative estimate of drug-likeness (QED) is 0.723. The van der Waals surface area contributed by atoms with Crippen LogP contribution in [0.2, 0.25) is 0 Å². The van der Waals surface area contributed by atoms with Crippen molar-refractivity contribution in [1.82, 2.24) is 9.97 Å². The van der Waals surface area contributed by atoms with Gasteiger partial charge in [-0.05, 0) is 39.2 Å². The Bertz CT molecular complexity index is 777. The van der Waals surface area contributed by atoms with Gasteiger partial charge in [0.2, 0.25) is 0 Å². The maximum Gasteiger partial charge on any atom is 0.185 e. The number of nitrogens with one attached hydrogen (secondary N) is 1. The molecule has 1 aromatic heterocycles. The highest BCUT2D eigenvalue weighted by atomic mass is 79.9. The molecule has 0 aliphatic rings. The number of benzene rings is 2. The summed E-state index contributed by atoms with van der Waals surface area (Å²) in [6.07, 6.45) is 0.713. The fourth-order valence-electron chi connectivity index (χ4n) is 2.26. The van der Waals surface area contributed by atoms with E-state index in [0.29, 0.717) is 12.1 Å². The Labute approximate surface area is 118 Å². The van der Waals surface area contributed by atoms with Crippen LogP contribution in [-0.2, 0) is 0 Å². The lowest BCUT2D eigenvalue weighted by atomic mass is 9.99. The number of rotatable bonds is 2. The second-order valence-corrected chi connectivity index (χ2v) is 5.17. The van der Waals surface area contributed by atoms with E-state index in [4.69, 9.17) is 0 Å². The Balaban J connectivity index is 2.33. The molecule has 0 saturated heterocycles. The van der Waals surface area contributed by atoms with E-state index >= 15 is 0 Å². The molecule has 19 heavy (non-hydrogen) atoms. The molecular formula is C15H11BrN2O. The molecule has 0 radical (unpaired) electrons. The first kappa shape index (κ1) is 12.1. The van der Waals surface area contributed by atoms with E-state index in [1.807, 2.05) is 18.2 Å². The first-order valence-corrected chi connectivity index (χ1v) is 6.69. The highest BCUT2D eigenvalue weighted by Gasteiger charge is 2.13. The highest BCUT2D eigenvalue weighted by Crippen LogP contribution is 2.33. The number of aldehydes is 1. The summed E-state index contributed by atoms with van der Waals surface area (Å²) >= 11 is 3.42. The van der Waals surface area contributed by atoms with Crippen LogP contribution in [0.5, 0.6) is 0 Å². The number of hydrogen-bond acceptors (Lipinski definition) is 2. The van der Waals surface area contributed by atoms with Gasteiger partial charge in [-0.25, -0.2) is 4.98 Å². The third-order valence-electron chi connectivity index (χ3n) is 3.19. The van der Waals surface area contributed by atoms with E-state index in [0.717, 1.165) is 21.2 Å². The summed E-state index contributed by atoms with van der Waals surface area (Å²) in [6.45, 7) is 2.09. The van der Waals surface area contributed by atoms with E-state index < -0.39 is 0 Å². The van der Waals surface area contributed by atoms with Crippen LogP contribution in [-0.4, -0.2) is 16.3 Å². The van der Waals surface area contributed by atoms with Crippen molar-refractivity contribution >= 4 is 33.0 Å². The summed E-state index contributed by atoms with van der Waals surface area (Å²) < 4.78 is 0.726. The minimum Gasteiger partial charge on any atom is -0.330 e. The van der Waals surface area contributed by atoms with Gasteiger partial charge >= 0.3 is 0 Å². The van der Waals surface area contributed by atoms with Crippen molar-refractivity contribution in [2.75, 3.05) is 0 Å². The van der Waals surface area contributed by atoms with Crippen molar-refractivity contribution < 1.29 is 4.79 Å². The number of halogens is 1. The van der Waals surface area contributed by atoms with Crippen LogP contribution in [0.15, 0.2) is 41.0 Å². The molecule has 2 aromatic carbocycles. The fourth-order valence-corrected chi connectivity index (χ4v) is 2.76. The summed E-state index contributed by atoms with van der Waals surface area (Å²) in [5, 5.41) is 2.33. The molecule has 0 fully saturated rings. The molecule has 0 aliphatic carbocycles. The Morgan fingerprint density at radius 1 is 1.16 bits per heavy atom. The summed E-state index contributed by atoms with van der Waals surface area (Å²) in [6, 6.07) is 12.3. The Morgan fingerprint density at radius 3 is 2.58 bits per heavy atom. The summed E-state index contributed by atoms with van der Waals surface area (Å²) in [4.78, 5) is 18.0. The number of carbonyl (C=O) groups excluding carboxylic acids is 1. The molecule has 0 atom stereocenters. The first-order chi connectivity index (χ1) is 9.20. The van der Waals surface area contributed by atoms with E-state index in [-0.39, 0.29) is 0 Å². The van der Waals surface area contributed by atoms with Crippen molar-refractivity contribution in [3.05, 3.63) is 52.4 Å². The second kappa shape index (κ2) is 4.63. The van der Waals surface area contributed by atoms with Crippen LogP contribution in [0, 0.1) is 6.92 Å². The molecule has 0 spiro atoms. The van der Waals surface area contributed by atoms with Crippen molar-refractivity contribution in [3.63, 3.8) is 0 Å². The second-order valence-electron chi connectivity index (χ2n) is 4.38. The zero-order valence-electron chi connectivity index (χ0n) is 10.3. The smallest absolute Gasteiger partial charge is 0.185 e. The zero-order valence-corrected chi connectivity index (χ0v) is 11.9. The average Bonchev–Trinajstić information content (AvgIpc) is 2.81. The van der Waals surface area contributed by atoms with Gasteiger partial charge in [-0.1, -0.05) is 36.4 Å². The van der Waals surface area contributed by atoms with Crippen LogP contribution in [0.1, 0.15) is 16.2 Å². The molecule has 94 valence electrons. The van der Waals surface area contributed by atoms with Crippen molar-refractivity contribution in [1.29, 1.82) is 0 Å². The maximum atomic E-state index is 10.8.